The van der Waals surface area contributed by atoms with Crippen molar-refractivity contribution in [2.75, 3.05) is 24.6 Å². The average Bonchev–Trinajstić information content (AvgIpc) is 2.58. The molecule has 2 aromatic heterocycles. The Morgan fingerprint density at radius 3 is 3.00 bits per heavy atom. The number of nitriles is 1. The fraction of sp³-hybridized carbons (Fsp3) is 0.500. The molecule has 1 fully saturated rings. The summed E-state index contributed by atoms with van der Waals surface area (Å²) in [6.07, 6.45) is 2.11. The number of piperidine rings is 1. The second-order valence-corrected chi connectivity index (χ2v) is 5.62. The Bertz CT molecular complexity index is 822. The molecule has 1 aliphatic rings. The Morgan fingerprint density at radius 2 is 2.26 bits per heavy atom. The molecule has 0 spiro atoms. The molecule has 1 saturated heterocycles. The molecule has 0 N–H and O–H groups in total. The molecule has 2 aromatic rings. The standard InChI is InChI=1S/C16H19N5O2/c1-3-23-12-5-4-8-21(10-12)15-14-13(20(2)16(22)19-15)7-6-11(9-17)18-14/h6-7,12H,3-5,8,10H2,1-2H3. The molecule has 0 saturated carbocycles. The van der Waals surface area contributed by atoms with Crippen LogP contribution in [0.4, 0.5) is 5.82 Å². The summed E-state index contributed by atoms with van der Waals surface area (Å²) in [6.45, 7) is 4.13. The van der Waals surface area contributed by atoms with Gasteiger partial charge in [0.15, 0.2) is 5.82 Å². The van der Waals surface area contributed by atoms with E-state index in [1.54, 1.807) is 19.2 Å². The zero-order valence-corrected chi connectivity index (χ0v) is 13.3. The molecule has 0 amide bonds. The molecule has 1 aliphatic heterocycles. The molecule has 0 bridgehead atoms. The fourth-order valence-corrected chi connectivity index (χ4v) is 2.99. The molecule has 1 unspecified atom stereocenters. The van der Waals surface area contributed by atoms with Crippen LogP contribution in [0, 0.1) is 11.3 Å². The van der Waals surface area contributed by atoms with Crippen molar-refractivity contribution in [3.8, 4) is 6.07 Å². The highest BCUT2D eigenvalue weighted by Gasteiger charge is 2.24. The summed E-state index contributed by atoms with van der Waals surface area (Å²) in [5.41, 5.74) is 1.26. The molecule has 120 valence electrons. The molecular weight excluding hydrogens is 294 g/mol. The van der Waals surface area contributed by atoms with E-state index in [2.05, 4.69) is 9.97 Å². The average molecular weight is 313 g/mol. The summed E-state index contributed by atoms with van der Waals surface area (Å²) in [6, 6.07) is 5.41. The number of aromatic nitrogens is 3. The smallest absolute Gasteiger partial charge is 0.349 e. The van der Waals surface area contributed by atoms with E-state index in [-0.39, 0.29) is 11.8 Å². The topological polar surface area (TPSA) is 84.0 Å². The minimum Gasteiger partial charge on any atom is -0.377 e. The first-order valence-corrected chi connectivity index (χ1v) is 7.78. The molecule has 0 radical (unpaired) electrons. The van der Waals surface area contributed by atoms with Crippen LogP contribution < -0.4 is 10.6 Å². The van der Waals surface area contributed by atoms with Crippen molar-refractivity contribution < 1.29 is 4.74 Å². The number of rotatable bonds is 3. The van der Waals surface area contributed by atoms with Crippen molar-refractivity contribution >= 4 is 16.9 Å². The van der Waals surface area contributed by atoms with Gasteiger partial charge in [-0.15, -0.1) is 0 Å². The normalized spacial score (nSPS) is 18.1. The van der Waals surface area contributed by atoms with Crippen LogP contribution in [-0.4, -0.2) is 40.3 Å². The maximum absolute atomic E-state index is 12.2. The molecule has 3 heterocycles. The van der Waals surface area contributed by atoms with E-state index in [9.17, 15) is 4.79 Å². The number of aryl methyl sites for hydroxylation is 1. The van der Waals surface area contributed by atoms with Crippen molar-refractivity contribution in [1.29, 1.82) is 5.26 Å². The van der Waals surface area contributed by atoms with E-state index >= 15 is 0 Å². The van der Waals surface area contributed by atoms with E-state index in [1.165, 1.54) is 4.57 Å². The fourth-order valence-electron chi connectivity index (χ4n) is 2.99. The van der Waals surface area contributed by atoms with Gasteiger partial charge in [0.2, 0.25) is 0 Å². The summed E-state index contributed by atoms with van der Waals surface area (Å²) in [7, 11) is 1.66. The Labute approximate surface area is 134 Å². The van der Waals surface area contributed by atoms with Crippen LogP contribution in [0.15, 0.2) is 16.9 Å². The first-order valence-electron chi connectivity index (χ1n) is 7.78. The van der Waals surface area contributed by atoms with Crippen molar-refractivity contribution in [3.05, 3.63) is 28.3 Å². The molecule has 7 heteroatoms. The second kappa shape index (κ2) is 6.34. The third-order valence-electron chi connectivity index (χ3n) is 4.13. The molecular formula is C16H19N5O2. The van der Waals surface area contributed by atoms with Gasteiger partial charge in [0.1, 0.15) is 17.3 Å². The second-order valence-electron chi connectivity index (χ2n) is 5.62. The van der Waals surface area contributed by atoms with Gasteiger partial charge in [0.25, 0.3) is 0 Å². The number of fused-ring (bicyclic) bond motifs is 1. The summed E-state index contributed by atoms with van der Waals surface area (Å²) < 4.78 is 7.18. The number of ether oxygens (including phenoxy) is 1. The predicted octanol–water partition coefficient (Wildman–Crippen LogP) is 1.21. The summed E-state index contributed by atoms with van der Waals surface area (Å²) in [5, 5.41) is 9.10. The predicted molar refractivity (Wildman–Crippen MR) is 86.4 cm³/mol. The summed E-state index contributed by atoms with van der Waals surface area (Å²) >= 11 is 0. The Hall–Kier alpha value is -2.46. The van der Waals surface area contributed by atoms with Crippen LogP contribution >= 0.6 is 0 Å². The van der Waals surface area contributed by atoms with Gasteiger partial charge in [0.05, 0.1) is 11.6 Å². The summed E-state index contributed by atoms with van der Waals surface area (Å²) in [5.74, 6) is 0.546. The maximum atomic E-state index is 12.2. The van der Waals surface area contributed by atoms with Crippen molar-refractivity contribution in [2.24, 2.45) is 7.05 Å². The van der Waals surface area contributed by atoms with Crippen LogP contribution in [0.5, 0.6) is 0 Å². The van der Waals surface area contributed by atoms with Gasteiger partial charge in [-0.05, 0) is 31.9 Å². The van der Waals surface area contributed by atoms with E-state index in [0.29, 0.717) is 35.7 Å². The van der Waals surface area contributed by atoms with Crippen LogP contribution in [0.2, 0.25) is 0 Å². The Kier molecular flexibility index (Phi) is 4.26. The Balaban J connectivity index is 2.11. The van der Waals surface area contributed by atoms with Gasteiger partial charge in [-0.2, -0.15) is 10.2 Å². The largest absolute Gasteiger partial charge is 0.377 e. The molecule has 7 nitrogen and oxygen atoms in total. The van der Waals surface area contributed by atoms with Gasteiger partial charge in [-0.25, -0.2) is 9.78 Å². The number of nitrogens with zero attached hydrogens (tertiary/aromatic N) is 5. The first kappa shape index (κ1) is 15.4. The molecule has 0 aromatic carbocycles. The lowest BCUT2D eigenvalue weighted by molar-refractivity contribution is 0.0525. The van der Waals surface area contributed by atoms with E-state index < -0.39 is 0 Å². The number of anilines is 1. The van der Waals surface area contributed by atoms with Crippen LogP contribution in [0.1, 0.15) is 25.5 Å². The lowest BCUT2D eigenvalue weighted by Gasteiger charge is -2.33. The quantitative estimate of drug-likeness (QED) is 0.847. The van der Waals surface area contributed by atoms with Gasteiger partial charge >= 0.3 is 5.69 Å². The van der Waals surface area contributed by atoms with E-state index in [4.69, 9.17) is 10.00 Å². The third-order valence-corrected chi connectivity index (χ3v) is 4.13. The highest BCUT2D eigenvalue weighted by atomic mass is 16.5. The van der Waals surface area contributed by atoms with Crippen LogP contribution in [-0.2, 0) is 11.8 Å². The van der Waals surface area contributed by atoms with Gasteiger partial charge in [-0.1, -0.05) is 0 Å². The highest BCUT2D eigenvalue weighted by Crippen LogP contribution is 2.25. The molecule has 23 heavy (non-hydrogen) atoms. The molecule has 1 atom stereocenters. The summed E-state index contributed by atoms with van der Waals surface area (Å²) in [4.78, 5) is 22.8. The lowest BCUT2D eigenvalue weighted by Crippen LogP contribution is -2.41. The zero-order valence-electron chi connectivity index (χ0n) is 13.3. The van der Waals surface area contributed by atoms with E-state index in [1.807, 2.05) is 17.9 Å². The number of hydrogen-bond acceptors (Lipinski definition) is 6. The SMILES string of the molecule is CCOC1CCCN(c2nc(=O)n(C)c3ccc(C#N)nc23)C1. The minimum atomic E-state index is -0.322. The zero-order chi connectivity index (χ0) is 16.4. The minimum absolute atomic E-state index is 0.133. The highest BCUT2D eigenvalue weighted by molar-refractivity contribution is 5.86. The maximum Gasteiger partial charge on any atom is 0.349 e. The molecule has 3 rings (SSSR count). The van der Waals surface area contributed by atoms with Gasteiger partial charge in [0, 0.05) is 26.7 Å². The van der Waals surface area contributed by atoms with Crippen molar-refractivity contribution in [1.82, 2.24) is 14.5 Å². The van der Waals surface area contributed by atoms with E-state index in [0.717, 1.165) is 19.4 Å². The van der Waals surface area contributed by atoms with Gasteiger partial charge in [-0.3, -0.25) is 4.57 Å². The van der Waals surface area contributed by atoms with Crippen LogP contribution in [0.25, 0.3) is 11.0 Å². The first-order chi connectivity index (χ1) is 11.1. The lowest BCUT2D eigenvalue weighted by atomic mass is 10.1. The number of hydrogen-bond donors (Lipinski definition) is 0. The van der Waals surface area contributed by atoms with Crippen LogP contribution in [0.3, 0.4) is 0 Å². The van der Waals surface area contributed by atoms with Crippen molar-refractivity contribution in [3.63, 3.8) is 0 Å². The third kappa shape index (κ3) is 2.90. The Morgan fingerprint density at radius 1 is 1.43 bits per heavy atom. The molecule has 0 aliphatic carbocycles. The van der Waals surface area contributed by atoms with Crippen molar-refractivity contribution in [2.45, 2.75) is 25.9 Å². The van der Waals surface area contributed by atoms with Gasteiger partial charge < -0.3 is 9.64 Å². The monoisotopic (exact) mass is 313 g/mol. The number of pyridine rings is 1.